The van der Waals surface area contributed by atoms with Crippen molar-refractivity contribution < 1.29 is 14.0 Å². The molecule has 2 fully saturated rings. The van der Waals surface area contributed by atoms with Crippen molar-refractivity contribution in [2.75, 3.05) is 32.7 Å². The van der Waals surface area contributed by atoms with Crippen LogP contribution >= 0.6 is 0 Å². The van der Waals surface area contributed by atoms with E-state index >= 15 is 0 Å². The topological polar surface area (TPSA) is 69.0 Å². The van der Waals surface area contributed by atoms with Crippen molar-refractivity contribution in [2.24, 2.45) is 5.92 Å². The first-order valence-electron chi connectivity index (χ1n) is 15.0. The SMILES string of the molecule is CC(C)C(=O)N1C(C)CN(CC2=C(N3CCCCC3)CCC=C2)CC1C(=O)NCc1ccc(-c2ccco2)cc1. The molecular weight excluding hydrogens is 500 g/mol. The third kappa shape index (κ3) is 6.52. The van der Waals surface area contributed by atoms with E-state index in [2.05, 4.69) is 34.2 Å². The third-order valence-corrected chi connectivity index (χ3v) is 8.41. The summed E-state index contributed by atoms with van der Waals surface area (Å²) in [5.41, 5.74) is 4.87. The van der Waals surface area contributed by atoms with Crippen LogP contribution in [0.15, 0.2) is 70.5 Å². The number of amides is 2. The summed E-state index contributed by atoms with van der Waals surface area (Å²) in [7, 11) is 0. The fourth-order valence-electron chi connectivity index (χ4n) is 6.33. The Morgan fingerprint density at radius 3 is 2.52 bits per heavy atom. The second-order valence-corrected chi connectivity index (χ2v) is 11.8. The highest BCUT2D eigenvalue weighted by Gasteiger charge is 2.40. The molecule has 0 bridgehead atoms. The molecule has 2 amide bonds. The molecule has 7 nitrogen and oxygen atoms in total. The number of nitrogens with zero attached hydrogens (tertiary/aromatic N) is 3. The first kappa shape index (κ1) is 28.2. The predicted octanol–water partition coefficient (Wildman–Crippen LogP) is 5.21. The minimum atomic E-state index is -0.521. The van der Waals surface area contributed by atoms with Gasteiger partial charge in [-0.3, -0.25) is 14.5 Å². The number of benzene rings is 1. The number of piperidine rings is 1. The lowest BCUT2D eigenvalue weighted by atomic mass is 9.97. The Morgan fingerprint density at radius 2 is 1.82 bits per heavy atom. The summed E-state index contributed by atoms with van der Waals surface area (Å²) >= 11 is 0. The van der Waals surface area contributed by atoms with Crippen LogP contribution < -0.4 is 5.32 Å². The fraction of sp³-hybridized carbons (Fsp3) is 0.515. The Balaban J connectivity index is 1.29. The van der Waals surface area contributed by atoms with Crippen LogP contribution in [-0.4, -0.2) is 71.3 Å². The maximum atomic E-state index is 13.7. The number of carbonyl (C=O) groups is 2. The van der Waals surface area contributed by atoms with Crippen molar-refractivity contribution in [1.82, 2.24) is 20.0 Å². The van der Waals surface area contributed by atoms with Crippen LogP contribution in [0.2, 0.25) is 0 Å². The summed E-state index contributed by atoms with van der Waals surface area (Å²) in [6.07, 6.45) is 12.3. The summed E-state index contributed by atoms with van der Waals surface area (Å²) < 4.78 is 5.48. The molecule has 3 heterocycles. The van der Waals surface area contributed by atoms with Gasteiger partial charge < -0.3 is 19.5 Å². The first-order valence-corrected chi connectivity index (χ1v) is 15.0. The van der Waals surface area contributed by atoms with E-state index in [9.17, 15) is 9.59 Å². The first-order chi connectivity index (χ1) is 19.4. The average molecular weight is 545 g/mol. The van der Waals surface area contributed by atoms with Crippen molar-refractivity contribution in [2.45, 2.75) is 71.5 Å². The fourth-order valence-corrected chi connectivity index (χ4v) is 6.33. The second kappa shape index (κ2) is 12.9. The minimum absolute atomic E-state index is 0.0425. The molecule has 214 valence electrons. The van der Waals surface area contributed by atoms with E-state index in [-0.39, 0.29) is 23.8 Å². The maximum Gasteiger partial charge on any atom is 0.244 e. The van der Waals surface area contributed by atoms with E-state index in [4.69, 9.17) is 4.42 Å². The van der Waals surface area contributed by atoms with E-state index in [0.29, 0.717) is 13.1 Å². The summed E-state index contributed by atoms with van der Waals surface area (Å²) in [6, 6.07) is 11.3. The highest BCUT2D eigenvalue weighted by atomic mass is 16.3. The number of carbonyl (C=O) groups excluding carboxylic acids is 2. The molecule has 1 aromatic heterocycles. The van der Waals surface area contributed by atoms with Gasteiger partial charge in [-0.05, 0) is 62.3 Å². The molecule has 2 saturated heterocycles. The van der Waals surface area contributed by atoms with Gasteiger partial charge in [-0.1, -0.05) is 50.3 Å². The van der Waals surface area contributed by atoms with Gasteiger partial charge in [0.1, 0.15) is 11.8 Å². The van der Waals surface area contributed by atoms with Crippen molar-refractivity contribution in [3.63, 3.8) is 0 Å². The van der Waals surface area contributed by atoms with Gasteiger partial charge in [-0.25, -0.2) is 0 Å². The molecule has 7 heteroatoms. The molecule has 3 aliphatic rings. The Labute approximate surface area is 238 Å². The van der Waals surface area contributed by atoms with Crippen molar-refractivity contribution in [3.8, 4) is 11.3 Å². The van der Waals surface area contributed by atoms with Crippen LogP contribution in [0.5, 0.6) is 0 Å². The van der Waals surface area contributed by atoms with Crippen LogP contribution in [0, 0.1) is 5.92 Å². The quantitative estimate of drug-likeness (QED) is 0.494. The maximum absolute atomic E-state index is 13.7. The monoisotopic (exact) mass is 544 g/mol. The molecule has 2 aromatic rings. The Morgan fingerprint density at radius 1 is 1.05 bits per heavy atom. The number of nitrogens with one attached hydrogen (secondary N) is 1. The van der Waals surface area contributed by atoms with Crippen molar-refractivity contribution >= 4 is 11.8 Å². The second-order valence-electron chi connectivity index (χ2n) is 11.8. The molecular formula is C33H44N4O3. The van der Waals surface area contributed by atoms with Gasteiger partial charge in [0.15, 0.2) is 0 Å². The van der Waals surface area contributed by atoms with Gasteiger partial charge in [0, 0.05) is 62.5 Å². The predicted molar refractivity (Wildman–Crippen MR) is 158 cm³/mol. The molecule has 0 spiro atoms. The van der Waals surface area contributed by atoms with Gasteiger partial charge in [0.05, 0.1) is 6.26 Å². The van der Waals surface area contributed by atoms with E-state index in [0.717, 1.165) is 55.9 Å². The largest absolute Gasteiger partial charge is 0.464 e. The number of likely N-dealkylation sites (tertiary alicyclic amines) is 1. The van der Waals surface area contributed by atoms with Crippen LogP contribution in [0.25, 0.3) is 11.3 Å². The minimum Gasteiger partial charge on any atom is -0.464 e. The van der Waals surface area contributed by atoms with Crippen LogP contribution in [0.4, 0.5) is 0 Å². The smallest absolute Gasteiger partial charge is 0.244 e. The molecule has 2 aliphatic heterocycles. The number of hydrogen-bond donors (Lipinski definition) is 1. The van der Waals surface area contributed by atoms with Gasteiger partial charge in [-0.2, -0.15) is 0 Å². The van der Waals surface area contributed by atoms with E-state index in [1.54, 1.807) is 6.26 Å². The van der Waals surface area contributed by atoms with E-state index < -0.39 is 6.04 Å². The van der Waals surface area contributed by atoms with Crippen molar-refractivity contribution in [1.29, 1.82) is 0 Å². The summed E-state index contributed by atoms with van der Waals surface area (Å²) in [4.78, 5) is 33.8. The molecule has 0 radical (unpaired) electrons. The summed E-state index contributed by atoms with van der Waals surface area (Å²) in [5.74, 6) is 0.611. The van der Waals surface area contributed by atoms with Crippen LogP contribution in [0.3, 0.4) is 0 Å². The highest BCUT2D eigenvalue weighted by molar-refractivity contribution is 5.89. The Bertz CT molecular complexity index is 1210. The molecule has 2 atom stereocenters. The molecule has 5 rings (SSSR count). The van der Waals surface area contributed by atoms with Gasteiger partial charge in [0.25, 0.3) is 0 Å². The summed E-state index contributed by atoms with van der Waals surface area (Å²) in [6.45, 7) is 10.7. The number of furan rings is 1. The molecule has 1 aromatic carbocycles. The zero-order valence-corrected chi connectivity index (χ0v) is 24.3. The number of piperazine rings is 1. The standard InChI is InChI=1S/C33H44N4O3/c1-24(2)33(39)37-25(3)21-35(22-28-10-5-6-11-29(28)36-17-7-4-8-18-36)23-30(37)32(38)34-20-26-13-15-27(16-14-26)31-12-9-19-40-31/h5,9-10,12-16,19,24-25,30H,4,6-8,11,17-18,20-23H2,1-3H3,(H,34,38). The highest BCUT2D eigenvalue weighted by Crippen LogP contribution is 2.28. The molecule has 40 heavy (non-hydrogen) atoms. The van der Waals surface area contributed by atoms with Gasteiger partial charge >= 0.3 is 0 Å². The zero-order chi connectivity index (χ0) is 28.1. The molecule has 1 aliphatic carbocycles. The lowest BCUT2D eigenvalue weighted by Crippen LogP contribution is -2.64. The molecule has 2 unspecified atom stereocenters. The van der Waals surface area contributed by atoms with E-state index in [1.165, 1.54) is 30.5 Å². The lowest BCUT2D eigenvalue weighted by Gasteiger charge is -2.46. The van der Waals surface area contributed by atoms with Crippen LogP contribution in [0.1, 0.15) is 58.4 Å². The lowest BCUT2D eigenvalue weighted by molar-refractivity contribution is -0.149. The van der Waals surface area contributed by atoms with Gasteiger partial charge in [0.2, 0.25) is 11.8 Å². The van der Waals surface area contributed by atoms with E-state index in [1.807, 2.05) is 55.1 Å². The van der Waals surface area contributed by atoms with Gasteiger partial charge in [-0.15, -0.1) is 0 Å². The molecule has 0 saturated carbocycles. The Hall–Kier alpha value is -3.32. The number of rotatable bonds is 8. The number of allylic oxidation sites excluding steroid dienone is 2. The van der Waals surface area contributed by atoms with Crippen molar-refractivity contribution in [3.05, 3.63) is 71.6 Å². The average Bonchev–Trinajstić information content (AvgIpc) is 3.51. The third-order valence-electron chi connectivity index (χ3n) is 8.41. The molecule has 1 N–H and O–H groups in total. The Kier molecular flexibility index (Phi) is 9.10. The number of hydrogen-bond acceptors (Lipinski definition) is 5. The zero-order valence-electron chi connectivity index (χ0n) is 24.3. The van der Waals surface area contributed by atoms with Crippen LogP contribution in [-0.2, 0) is 16.1 Å². The normalized spacial score (nSPS) is 22.2. The summed E-state index contributed by atoms with van der Waals surface area (Å²) in [5, 5.41) is 3.13.